The molecular weight excluding hydrogens is 497 g/mol. The Kier molecular flexibility index (Phi) is 6.46. The molecule has 1 aromatic carbocycles. The molecule has 2 saturated heterocycles. The SMILES string of the molecule is Cc1ccc(I)c(C(=O)OCCC2(C)OB(B3OC(C)(C)C(C)(C)O3)OC2(C)C)c1. The fourth-order valence-electron chi connectivity index (χ4n) is 3.52. The number of aryl methyl sites for hydroxylation is 1. The van der Waals surface area contributed by atoms with Gasteiger partial charge in [0.05, 0.1) is 34.6 Å². The van der Waals surface area contributed by atoms with Gasteiger partial charge in [-0.1, -0.05) is 11.6 Å². The molecular formula is C21H31B2IO6. The Hall–Kier alpha value is -0.610. The lowest BCUT2D eigenvalue weighted by Gasteiger charge is -2.36. The topological polar surface area (TPSA) is 63.2 Å². The van der Waals surface area contributed by atoms with E-state index in [1.54, 1.807) is 0 Å². The Labute approximate surface area is 194 Å². The van der Waals surface area contributed by atoms with Gasteiger partial charge in [0, 0.05) is 9.99 Å². The predicted octanol–water partition coefficient (Wildman–Crippen LogP) is 4.39. The molecule has 0 aromatic heterocycles. The molecule has 2 aliphatic heterocycles. The number of esters is 1. The molecule has 9 heteroatoms. The van der Waals surface area contributed by atoms with Crippen molar-refractivity contribution in [3.63, 3.8) is 0 Å². The third-order valence-corrected chi connectivity index (χ3v) is 7.65. The predicted molar refractivity (Wildman–Crippen MR) is 125 cm³/mol. The van der Waals surface area contributed by atoms with E-state index in [2.05, 4.69) is 22.6 Å². The standard InChI is InChI=1S/C21H31B2IO6/c1-14-9-10-16(24)15(13-14)17(25)26-12-11-21(8)20(6,7)29-23(30-21)22-27-18(2,3)19(4,5)28-22/h9-10,13H,11-12H2,1-8H3. The summed E-state index contributed by atoms with van der Waals surface area (Å²) >= 11 is 2.15. The van der Waals surface area contributed by atoms with Crippen LogP contribution in [0.4, 0.5) is 0 Å². The lowest BCUT2D eigenvalue weighted by atomic mass is 9.49. The van der Waals surface area contributed by atoms with Gasteiger partial charge in [0.15, 0.2) is 0 Å². The fourth-order valence-corrected chi connectivity index (χ4v) is 4.08. The minimum atomic E-state index is -0.665. The van der Waals surface area contributed by atoms with Crippen LogP contribution in [0, 0.1) is 10.5 Å². The van der Waals surface area contributed by atoms with Crippen molar-refractivity contribution in [3.8, 4) is 0 Å². The third-order valence-electron chi connectivity index (χ3n) is 6.71. The largest absolute Gasteiger partial charge is 0.489 e. The summed E-state index contributed by atoms with van der Waals surface area (Å²) in [6.45, 7) is 16.1. The second kappa shape index (κ2) is 8.06. The van der Waals surface area contributed by atoms with Crippen LogP contribution in [0.2, 0.25) is 0 Å². The number of ether oxygens (including phenoxy) is 1. The molecule has 30 heavy (non-hydrogen) atoms. The summed E-state index contributed by atoms with van der Waals surface area (Å²) in [7, 11) is -1.27. The van der Waals surface area contributed by atoms with Gasteiger partial charge in [-0.15, -0.1) is 0 Å². The van der Waals surface area contributed by atoms with Crippen LogP contribution in [0.3, 0.4) is 0 Å². The first-order valence-corrected chi connectivity index (χ1v) is 11.4. The quantitative estimate of drug-likeness (QED) is 0.321. The summed E-state index contributed by atoms with van der Waals surface area (Å²) in [5.41, 5.74) is -0.596. The van der Waals surface area contributed by atoms with Gasteiger partial charge in [-0.2, -0.15) is 0 Å². The van der Waals surface area contributed by atoms with Gasteiger partial charge in [-0.3, -0.25) is 0 Å². The second-order valence-corrected chi connectivity index (χ2v) is 11.0. The molecule has 0 aliphatic carbocycles. The monoisotopic (exact) mass is 528 g/mol. The van der Waals surface area contributed by atoms with Gasteiger partial charge in [-0.05, 0) is 90.1 Å². The van der Waals surface area contributed by atoms with Crippen LogP contribution in [0.15, 0.2) is 18.2 Å². The van der Waals surface area contributed by atoms with E-state index in [4.69, 9.17) is 23.4 Å². The van der Waals surface area contributed by atoms with Crippen molar-refractivity contribution in [3.05, 3.63) is 32.9 Å². The summed E-state index contributed by atoms with van der Waals surface area (Å²) in [6.07, 6.45) is 0.490. The van der Waals surface area contributed by atoms with E-state index in [9.17, 15) is 4.79 Å². The molecule has 2 heterocycles. The minimum absolute atomic E-state index is 0.224. The van der Waals surface area contributed by atoms with E-state index in [1.165, 1.54) is 0 Å². The zero-order valence-electron chi connectivity index (χ0n) is 19.1. The molecule has 2 fully saturated rings. The highest BCUT2D eigenvalue weighted by atomic mass is 127. The van der Waals surface area contributed by atoms with Crippen molar-refractivity contribution >= 4 is 42.6 Å². The molecule has 2 aliphatic rings. The Morgan fingerprint density at radius 1 is 0.933 bits per heavy atom. The number of hydrogen-bond donors (Lipinski definition) is 0. The van der Waals surface area contributed by atoms with Crippen molar-refractivity contribution in [1.82, 2.24) is 0 Å². The van der Waals surface area contributed by atoms with Crippen LogP contribution in [0.5, 0.6) is 0 Å². The molecule has 1 aromatic rings. The number of hydrogen-bond acceptors (Lipinski definition) is 6. The Balaban J connectivity index is 1.63. The van der Waals surface area contributed by atoms with Crippen LogP contribution < -0.4 is 0 Å². The average molecular weight is 528 g/mol. The van der Waals surface area contributed by atoms with E-state index < -0.39 is 36.4 Å². The molecule has 1 atom stereocenters. The lowest BCUT2D eigenvalue weighted by molar-refractivity contribution is -0.0301. The lowest BCUT2D eigenvalue weighted by Crippen LogP contribution is -2.45. The molecule has 3 rings (SSSR count). The molecule has 0 radical (unpaired) electrons. The first kappa shape index (κ1) is 24.0. The molecule has 164 valence electrons. The van der Waals surface area contributed by atoms with E-state index in [0.717, 1.165) is 9.13 Å². The maximum atomic E-state index is 12.5. The van der Waals surface area contributed by atoms with Crippen LogP contribution in [0.25, 0.3) is 0 Å². The van der Waals surface area contributed by atoms with Gasteiger partial charge in [0.2, 0.25) is 0 Å². The molecule has 0 saturated carbocycles. The van der Waals surface area contributed by atoms with Crippen molar-refractivity contribution in [1.29, 1.82) is 0 Å². The summed E-state index contributed by atoms with van der Waals surface area (Å²) < 4.78 is 31.1. The first-order chi connectivity index (χ1) is 13.7. The highest BCUT2D eigenvalue weighted by Crippen LogP contribution is 2.44. The minimum Gasteiger partial charge on any atom is -0.462 e. The number of rotatable bonds is 5. The van der Waals surface area contributed by atoms with E-state index in [0.29, 0.717) is 12.0 Å². The van der Waals surface area contributed by atoms with Crippen molar-refractivity contribution < 1.29 is 28.1 Å². The summed E-state index contributed by atoms with van der Waals surface area (Å²) in [5, 5.41) is 0. The van der Waals surface area contributed by atoms with Crippen LogP contribution in [0.1, 0.15) is 70.8 Å². The summed E-state index contributed by atoms with van der Waals surface area (Å²) in [6, 6.07) is 5.74. The van der Waals surface area contributed by atoms with Crippen molar-refractivity contribution in [2.45, 2.75) is 84.2 Å². The zero-order valence-corrected chi connectivity index (χ0v) is 21.3. The fraction of sp³-hybridized carbons (Fsp3) is 0.667. The van der Waals surface area contributed by atoms with Gasteiger partial charge in [0.25, 0.3) is 0 Å². The van der Waals surface area contributed by atoms with E-state index >= 15 is 0 Å². The number of carbonyl (C=O) groups excluding carboxylic acids is 1. The maximum Gasteiger partial charge on any atom is 0.489 e. The second-order valence-electron chi connectivity index (χ2n) is 9.84. The maximum absolute atomic E-state index is 12.5. The molecule has 0 amide bonds. The highest BCUT2D eigenvalue weighted by Gasteiger charge is 2.64. The Morgan fingerprint density at radius 2 is 1.47 bits per heavy atom. The van der Waals surface area contributed by atoms with Crippen LogP contribution in [-0.2, 0) is 23.4 Å². The summed E-state index contributed by atoms with van der Waals surface area (Å²) in [5.74, 6) is -0.328. The van der Waals surface area contributed by atoms with Gasteiger partial charge in [0.1, 0.15) is 0 Å². The normalized spacial score (nSPS) is 26.8. The van der Waals surface area contributed by atoms with Gasteiger partial charge < -0.3 is 23.4 Å². The van der Waals surface area contributed by atoms with Gasteiger partial charge >= 0.3 is 20.0 Å². The Bertz CT molecular complexity index is 812. The Morgan fingerprint density at radius 3 is 2.07 bits per heavy atom. The molecule has 0 N–H and O–H groups in total. The summed E-state index contributed by atoms with van der Waals surface area (Å²) in [4.78, 5) is 12.5. The van der Waals surface area contributed by atoms with E-state index in [-0.39, 0.29) is 12.6 Å². The smallest absolute Gasteiger partial charge is 0.462 e. The van der Waals surface area contributed by atoms with E-state index in [1.807, 2.05) is 73.6 Å². The zero-order chi connectivity index (χ0) is 22.5. The molecule has 1 unspecified atom stereocenters. The third kappa shape index (κ3) is 4.46. The van der Waals surface area contributed by atoms with Crippen molar-refractivity contribution in [2.75, 3.05) is 6.61 Å². The number of halogens is 1. The molecule has 0 bridgehead atoms. The molecule has 0 spiro atoms. The van der Waals surface area contributed by atoms with Crippen LogP contribution in [-0.4, -0.2) is 49.0 Å². The average Bonchev–Trinajstić information content (AvgIpc) is 2.98. The van der Waals surface area contributed by atoms with Crippen LogP contribution >= 0.6 is 22.6 Å². The van der Waals surface area contributed by atoms with Crippen molar-refractivity contribution in [2.24, 2.45) is 0 Å². The molecule has 6 nitrogen and oxygen atoms in total. The first-order valence-electron chi connectivity index (χ1n) is 10.3. The highest BCUT2D eigenvalue weighted by molar-refractivity contribution is 14.1. The van der Waals surface area contributed by atoms with Gasteiger partial charge in [-0.25, -0.2) is 4.79 Å². The number of benzene rings is 1. The number of carbonyl (C=O) groups is 1.